The van der Waals surface area contributed by atoms with E-state index in [4.69, 9.17) is 0 Å². The van der Waals surface area contributed by atoms with E-state index in [1.165, 1.54) is 11.1 Å². The zero-order chi connectivity index (χ0) is 13.4. The van der Waals surface area contributed by atoms with E-state index in [-0.39, 0.29) is 0 Å². The van der Waals surface area contributed by atoms with Crippen LogP contribution in [-0.2, 0) is 0 Å². The molecule has 0 saturated carbocycles. The van der Waals surface area contributed by atoms with Gasteiger partial charge in [-0.05, 0) is 37.1 Å². The van der Waals surface area contributed by atoms with E-state index in [0.29, 0.717) is 0 Å². The van der Waals surface area contributed by atoms with Crippen LogP contribution >= 0.6 is 0 Å². The molecule has 1 unspecified atom stereocenters. The number of aryl methyl sites for hydroxylation is 2. The number of aliphatic hydroxyl groups is 1. The van der Waals surface area contributed by atoms with Crippen LogP contribution in [0.3, 0.4) is 0 Å². The van der Waals surface area contributed by atoms with Crippen LogP contribution in [-0.4, -0.2) is 10.1 Å². The summed E-state index contributed by atoms with van der Waals surface area (Å²) < 4.78 is 0. The first-order chi connectivity index (χ1) is 9.15. The molecular weight excluding hydrogens is 234 g/mol. The van der Waals surface area contributed by atoms with E-state index in [1.807, 2.05) is 42.6 Å². The minimum absolute atomic E-state index is 0.585. The van der Waals surface area contributed by atoms with Gasteiger partial charge in [0.2, 0.25) is 0 Å². The van der Waals surface area contributed by atoms with Crippen LogP contribution in [0.1, 0.15) is 28.4 Å². The minimum Gasteiger partial charge on any atom is -0.384 e. The smallest absolute Gasteiger partial charge is 0.105 e. The van der Waals surface area contributed by atoms with Crippen molar-refractivity contribution in [2.24, 2.45) is 0 Å². The van der Waals surface area contributed by atoms with Gasteiger partial charge < -0.3 is 10.1 Å². The van der Waals surface area contributed by atoms with Gasteiger partial charge in [-0.2, -0.15) is 0 Å². The number of aromatic amines is 1. The van der Waals surface area contributed by atoms with Crippen molar-refractivity contribution in [3.05, 3.63) is 70.9 Å². The summed E-state index contributed by atoms with van der Waals surface area (Å²) in [6.45, 7) is 4.11. The molecule has 0 radical (unpaired) electrons. The van der Waals surface area contributed by atoms with Crippen molar-refractivity contribution >= 4 is 10.9 Å². The Morgan fingerprint density at radius 2 is 1.74 bits per heavy atom. The van der Waals surface area contributed by atoms with Gasteiger partial charge in [0, 0.05) is 17.1 Å². The molecule has 0 aliphatic carbocycles. The second-order valence-corrected chi connectivity index (χ2v) is 5.11. The zero-order valence-electron chi connectivity index (χ0n) is 11.1. The van der Waals surface area contributed by atoms with E-state index in [1.54, 1.807) is 0 Å². The van der Waals surface area contributed by atoms with E-state index in [9.17, 15) is 5.11 Å². The van der Waals surface area contributed by atoms with Crippen LogP contribution in [0.25, 0.3) is 10.9 Å². The highest BCUT2D eigenvalue weighted by Gasteiger charge is 2.14. The summed E-state index contributed by atoms with van der Waals surface area (Å²) in [4.78, 5) is 3.18. The minimum atomic E-state index is -0.585. The topological polar surface area (TPSA) is 36.0 Å². The Morgan fingerprint density at radius 3 is 2.47 bits per heavy atom. The fourth-order valence-electron chi connectivity index (χ4n) is 2.70. The third-order valence-electron chi connectivity index (χ3n) is 3.48. The fourth-order valence-corrected chi connectivity index (χ4v) is 2.70. The van der Waals surface area contributed by atoms with Crippen molar-refractivity contribution in [1.82, 2.24) is 4.98 Å². The maximum atomic E-state index is 10.6. The molecule has 1 aromatic heterocycles. The predicted molar refractivity (Wildman–Crippen MR) is 78.3 cm³/mol. The van der Waals surface area contributed by atoms with Crippen molar-refractivity contribution < 1.29 is 5.11 Å². The Bertz CT molecular complexity index is 707. The Balaban J connectivity index is 2.13. The summed E-state index contributed by atoms with van der Waals surface area (Å²) in [5.74, 6) is 0. The van der Waals surface area contributed by atoms with Crippen molar-refractivity contribution in [2.75, 3.05) is 0 Å². The lowest BCUT2D eigenvalue weighted by Gasteiger charge is -2.14. The van der Waals surface area contributed by atoms with Crippen molar-refractivity contribution in [3.63, 3.8) is 0 Å². The number of fused-ring (bicyclic) bond motifs is 1. The first kappa shape index (κ1) is 12.0. The van der Waals surface area contributed by atoms with Crippen LogP contribution in [0.2, 0.25) is 0 Å². The molecule has 2 heteroatoms. The first-order valence-corrected chi connectivity index (χ1v) is 6.47. The van der Waals surface area contributed by atoms with E-state index in [2.05, 4.69) is 24.9 Å². The molecule has 2 aromatic carbocycles. The van der Waals surface area contributed by atoms with E-state index >= 15 is 0 Å². The summed E-state index contributed by atoms with van der Waals surface area (Å²) in [5, 5.41) is 11.7. The van der Waals surface area contributed by atoms with Crippen molar-refractivity contribution in [1.29, 1.82) is 0 Å². The number of hydrogen-bond acceptors (Lipinski definition) is 1. The van der Waals surface area contributed by atoms with Crippen molar-refractivity contribution in [3.8, 4) is 0 Å². The molecule has 1 heterocycles. The molecule has 0 fully saturated rings. The number of rotatable bonds is 2. The van der Waals surface area contributed by atoms with Crippen LogP contribution < -0.4 is 0 Å². The molecule has 0 aliphatic heterocycles. The highest BCUT2D eigenvalue weighted by Crippen LogP contribution is 2.29. The quantitative estimate of drug-likeness (QED) is 0.712. The second-order valence-electron chi connectivity index (χ2n) is 5.11. The molecule has 3 aromatic rings. The standard InChI is InChI=1S/C17H17NO/c1-11-8-12(2)10-13(9-11)17(19)15-4-3-5-16-14(15)6-7-18-16/h3-10,17-19H,1-2H3. The van der Waals surface area contributed by atoms with Gasteiger partial charge in [-0.1, -0.05) is 41.5 Å². The molecular formula is C17H17NO. The lowest BCUT2D eigenvalue weighted by Crippen LogP contribution is -2.01. The van der Waals surface area contributed by atoms with Crippen LogP contribution in [0.15, 0.2) is 48.7 Å². The third-order valence-corrected chi connectivity index (χ3v) is 3.48. The number of aromatic nitrogens is 1. The Kier molecular flexibility index (Phi) is 2.88. The van der Waals surface area contributed by atoms with Gasteiger partial charge >= 0.3 is 0 Å². The van der Waals surface area contributed by atoms with Crippen molar-refractivity contribution in [2.45, 2.75) is 20.0 Å². The summed E-state index contributed by atoms with van der Waals surface area (Å²) in [6.07, 6.45) is 1.32. The van der Waals surface area contributed by atoms with Gasteiger partial charge in [0.05, 0.1) is 0 Å². The number of hydrogen-bond donors (Lipinski definition) is 2. The number of benzene rings is 2. The van der Waals surface area contributed by atoms with E-state index < -0.39 is 6.10 Å². The van der Waals surface area contributed by atoms with Crippen LogP contribution in [0, 0.1) is 13.8 Å². The normalized spacial score (nSPS) is 12.8. The molecule has 0 bridgehead atoms. The zero-order valence-corrected chi connectivity index (χ0v) is 11.1. The molecule has 2 nitrogen and oxygen atoms in total. The fraction of sp³-hybridized carbons (Fsp3) is 0.176. The molecule has 19 heavy (non-hydrogen) atoms. The third kappa shape index (κ3) is 2.15. The Hall–Kier alpha value is -2.06. The molecule has 0 saturated heterocycles. The lowest BCUT2D eigenvalue weighted by molar-refractivity contribution is 0.222. The molecule has 0 amide bonds. The average molecular weight is 251 g/mol. The number of nitrogens with one attached hydrogen (secondary N) is 1. The largest absolute Gasteiger partial charge is 0.384 e. The lowest BCUT2D eigenvalue weighted by atomic mass is 9.96. The molecule has 2 N–H and O–H groups in total. The Morgan fingerprint density at radius 1 is 1.00 bits per heavy atom. The van der Waals surface area contributed by atoms with Gasteiger partial charge in [0.25, 0.3) is 0 Å². The molecule has 96 valence electrons. The highest BCUT2D eigenvalue weighted by molar-refractivity contribution is 5.83. The van der Waals surface area contributed by atoms with Gasteiger partial charge in [-0.25, -0.2) is 0 Å². The number of H-pyrrole nitrogens is 1. The molecule has 0 spiro atoms. The summed E-state index contributed by atoms with van der Waals surface area (Å²) in [5.41, 5.74) is 5.31. The van der Waals surface area contributed by atoms with Crippen LogP contribution in [0.4, 0.5) is 0 Å². The summed E-state index contributed by atoms with van der Waals surface area (Å²) in [6, 6.07) is 14.2. The average Bonchev–Trinajstić information content (AvgIpc) is 2.84. The SMILES string of the molecule is Cc1cc(C)cc(C(O)c2cccc3[nH]ccc23)c1. The van der Waals surface area contributed by atoms with Crippen LogP contribution in [0.5, 0.6) is 0 Å². The molecule has 1 atom stereocenters. The predicted octanol–water partition coefficient (Wildman–Crippen LogP) is 3.87. The second kappa shape index (κ2) is 4.56. The maximum Gasteiger partial charge on any atom is 0.105 e. The highest BCUT2D eigenvalue weighted by atomic mass is 16.3. The molecule has 3 rings (SSSR count). The van der Waals surface area contributed by atoms with Gasteiger partial charge in [-0.15, -0.1) is 0 Å². The van der Waals surface area contributed by atoms with Gasteiger partial charge in [0.1, 0.15) is 6.10 Å². The van der Waals surface area contributed by atoms with Gasteiger partial charge in [0.15, 0.2) is 0 Å². The summed E-state index contributed by atoms with van der Waals surface area (Å²) in [7, 11) is 0. The monoisotopic (exact) mass is 251 g/mol. The summed E-state index contributed by atoms with van der Waals surface area (Å²) >= 11 is 0. The maximum absolute atomic E-state index is 10.6. The Labute approximate surface area is 112 Å². The molecule has 0 aliphatic rings. The number of aliphatic hydroxyl groups excluding tert-OH is 1. The van der Waals surface area contributed by atoms with E-state index in [0.717, 1.165) is 22.0 Å². The first-order valence-electron chi connectivity index (χ1n) is 6.47. The van der Waals surface area contributed by atoms with Gasteiger partial charge in [-0.3, -0.25) is 0 Å².